The first kappa shape index (κ1) is 12.2. The average Bonchev–Trinajstić information content (AvgIpc) is 2.77. The predicted octanol–water partition coefficient (Wildman–Crippen LogP) is 3.79. The van der Waals surface area contributed by atoms with Crippen molar-refractivity contribution in [2.45, 2.75) is 52.0 Å². The minimum Gasteiger partial charge on any atom is -0.334 e. The third-order valence-corrected chi connectivity index (χ3v) is 5.01. The Kier molecular flexibility index (Phi) is 4.06. The Balaban J connectivity index is 2.11. The van der Waals surface area contributed by atoms with Crippen LogP contribution in [0.1, 0.15) is 44.9 Å². The summed E-state index contributed by atoms with van der Waals surface area (Å²) < 4.78 is 2.35. The molecule has 2 nitrogen and oxygen atoms in total. The molecule has 2 rings (SSSR count). The zero-order chi connectivity index (χ0) is 11.4. The lowest BCUT2D eigenvalue weighted by molar-refractivity contribution is 0.189. The molecule has 0 saturated heterocycles. The normalized spacial score (nSPS) is 19.9. The van der Waals surface area contributed by atoms with E-state index in [1.54, 1.807) is 0 Å². The van der Waals surface area contributed by atoms with E-state index in [-0.39, 0.29) is 0 Å². The van der Waals surface area contributed by atoms with Crippen molar-refractivity contribution in [1.29, 1.82) is 0 Å². The Morgan fingerprint density at radius 2 is 2.12 bits per heavy atom. The second kappa shape index (κ2) is 5.35. The first-order valence-electron chi connectivity index (χ1n) is 6.36. The smallest absolute Gasteiger partial charge is 0.108 e. The van der Waals surface area contributed by atoms with Crippen LogP contribution in [-0.4, -0.2) is 14.9 Å². The molecule has 0 atom stereocenters. The molecular formula is C13H21BrN2. The summed E-state index contributed by atoms with van der Waals surface area (Å²) in [4.78, 5) is 4.41. The number of alkyl halides is 1. The molecule has 0 aliphatic heterocycles. The third-order valence-electron chi connectivity index (χ3n) is 3.82. The van der Waals surface area contributed by atoms with Crippen molar-refractivity contribution < 1.29 is 0 Å². The molecule has 1 saturated carbocycles. The molecule has 1 aromatic heterocycles. The fourth-order valence-electron chi connectivity index (χ4n) is 2.80. The molecule has 0 bridgehead atoms. The van der Waals surface area contributed by atoms with Crippen LogP contribution in [0.5, 0.6) is 0 Å². The lowest BCUT2D eigenvalue weighted by atomic mass is 9.75. The standard InChI is InChI=1S/C13H21BrN2/c1-2-12-15-8-9-16(12)11-13(10-14)6-4-3-5-7-13/h8-9H,2-7,10-11H2,1H3. The topological polar surface area (TPSA) is 17.8 Å². The van der Waals surface area contributed by atoms with Crippen LogP contribution in [-0.2, 0) is 13.0 Å². The van der Waals surface area contributed by atoms with Gasteiger partial charge in [-0.2, -0.15) is 0 Å². The molecule has 1 heterocycles. The fraction of sp³-hybridized carbons (Fsp3) is 0.769. The zero-order valence-corrected chi connectivity index (χ0v) is 11.7. The summed E-state index contributed by atoms with van der Waals surface area (Å²) in [6.07, 6.45) is 12.0. The Labute approximate surface area is 107 Å². The van der Waals surface area contributed by atoms with E-state index >= 15 is 0 Å². The number of halogens is 1. The van der Waals surface area contributed by atoms with Gasteiger partial charge in [-0.15, -0.1) is 0 Å². The van der Waals surface area contributed by atoms with E-state index in [0.717, 1.165) is 18.3 Å². The largest absolute Gasteiger partial charge is 0.334 e. The van der Waals surface area contributed by atoms with Crippen molar-refractivity contribution in [3.8, 4) is 0 Å². The quantitative estimate of drug-likeness (QED) is 0.770. The van der Waals surface area contributed by atoms with E-state index in [2.05, 4.69) is 38.6 Å². The Morgan fingerprint density at radius 3 is 2.75 bits per heavy atom. The zero-order valence-electron chi connectivity index (χ0n) is 10.1. The summed E-state index contributed by atoms with van der Waals surface area (Å²) in [5.41, 5.74) is 0.475. The molecule has 0 N–H and O–H groups in total. The first-order chi connectivity index (χ1) is 7.79. The average molecular weight is 285 g/mol. The molecule has 3 heteroatoms. The second-order valence-electron chi connectivity index (χ2n) is 5.02. The molecular weight excluding hydrogens is 264 g/mol. The highest BCUT2D eigenvalue weighted by atomic mass is 79.9. The summed E-state index contributed by atoms with van der Waals surface area (Å²) in [5.74, 6) is 1.23. The molecule has 1 aromatic rings. The van der Waals surface area contributed by atoms with Crippen molar-refractivity contribution in [2.24, 2.45) is 5.41 Å². The number of rotatable bonds is 4. The van der Waals surface area contributed by atoms with Gasteiger partial charge in [-0.3, -0.25) is 0 Å². The van der Waals surface area contributed by atoms with E-state index < -0.39 is 0 Å². The molecule has 1 fully saturated rings. The van der Waals surface area contributed by atoms with Crippen molar-refractivity contribution in [3.05, 3.63) is 18.2 Å². The summed E-state index contributed by atoms with van der Waals surface area (Å²) in [6, 6.07) is 0. The molecule has 1 aliphatic rings. The molecule has 1 aliphatic carbocycles. The van der Waals surface area contributed by atoms with Crippen molar-refractivity contribution in [2.75, 3.05) is 5.33 Å². The van der Waals surface area contributed by atoms with Crippen LogP contribution in [0, 0.1) is 5.41 Å². The summed E-state index contributed by atoms with van der Waals surface area (Å²) in [7, 11) is 0. The number of aryl methyl sites for hydroxylation is 1. The van der Waals surface area contributed by atoms with Gasteiger partial charge in [0.15, 0.2) is 0 Å². The van der Waals surface area contributed by atoms with Gasteiger partial charge in [-0.05, 0) is 18.3 Å². The molecule has 90 valence electrons. The number of hydrogen-bond donors (Lipinski definition) is 0. The van der Waals surface area contributed by atoms with Gasteiger partial charge in [0.1, 0.15) is 5.82 Å². The highest BCUT2D eigenvalue weighted by Gasteiger charge is 2.31. The molecule has 0 unspecified atom stereocenters. The van der Waals surface area contributed by atoms with Crippen LogP contribution in [0.25, 0.3) is 0 Å². The van der Waals surface area contributed by atoms with Crippen LogP contribution < -0.4 is 0 Å². The van der Waals surface area contributed by atoms with Crippen molar-refractivity contribution >= 4 is 15.9 Å². The van der Waals surface area contributed by atoms with E-state index in [9.17, 15) is 0 Å². The van der Waals surface area contributed by atoms with Gasteiger partial charge in [-0.1, -0.05) is 42.1 Å². The van der Waals surface area contributed by atoms with E-state index in [0.29, 0.717) is 5.41 Å². The van der Waals surface area contributed by atoms with E-state index in [1.165, 1.54) is 37.9 Å². The van der Waals surface area contributed by atoms with Crippen LogP contribution in [0.2, 0.25) is 0 Å². The summed E-state index contributed by atoms with van der Waals surface area (Å²) in [6.45, 7) is 3.32. The number of imidazole rings is 1. The van der Waals surface area contributed by atoms with Gasteiger partial charge in [0.05, 0.1) is 0 Å². The number of hydrogen-bond acceptors (Lipinski definition) is 1. The molecule has 0 amide bonds. The predicted molar refractivity (Wildman–Crippen MR) is 70.9 cm³/mol. The lowest BCUT2D eigenvalue weighted by Gasteiger charge is -2.36. The number of nitrogens with zero attached hydrogens (tertiary/aromatic N) is 2. The summed E-state index contributed by atoms with van der Waals surface area (Å²) >= 11 is 3.73. The highest BCUT2D eigenvalue weighted by Crippen LogP contribution is 2.39. The maximum Gasteiger partial charge on any atom is 0.108 e. The van der Waals surface area contributed by atoms with Crippen molar-refractivity contribution in [1.82, 2.24) is 9.55 Å². The van der Waals surface area contributed by atoms with Crippen LogP contribution in [0.4, 0.5) is 0 Å². The Bertz CT molecular complexity index is 326. The lowest BCUT2D eigenvalue weighted by Crippen LogP contribution is -2.31. The van der Waals surface area contributed by atoms with Gasteiger partial charge in [0, 0.05) is 30.7 Å². The first-order valence-corrected chi connectivity index (χ1v) is 7.48. The minimum absolute atomic E-state index is 0.475. The monoisotopic (exact) mass is 284 g/mol. The Morgan fingerprint density at radius 1 is 1.38 bits per heavy atom. The van der Waals surface area contributed by atoms with Gasteiger partial charge in [-0.25, -0.2) is 4.98 Å². The fourth-order valence-corrected chi connectivity index (χ4v) is 3.53. The minimum atomic E-state index is 0.475. The van der Waals surface area contributed by atoms with E-state index in [4.69, 9.17) is 0 Å². The van der Waals surface area contributed by atoms with Gasteiger partial charge >= 0.3 is 0 Å². The Hall–Kier alpha value is -0.310. The maximum absolute atomic E-state index is 4.41. The molecule has 16 heavy (non-hydrogen) atoms. The van der Waals surface area contributed by atoms with Crippen molar-refractivity contribution in [3.63, 3.8) is 0 Å². The van der Waals surface area contributed by atoms with Gasteiger partial charge < -0.3 is 4.57 Å². The third kappa shape index (κ3) is 2.50. The molecule has 0 aromatic carbocycles. The SMILES string of the molecule is CCc1nccn1CC1(CBr)CCCCC1. The van der Waals surface area contributed by atoms with Crippen LogP contribution >= 0.6 is 15.9 Å². The van der Waals surface area contributed by atoms with Crippen LogP contribution in [0.3, 0.4) is 0 Å². The van der Waals surface area contributed by atoms with Gasteiger partial charge in [0.25, 0.3) is 0 Å². The maximum atomic E-state index is 4.41. The second-order valence-corrected chi connectivity index (χ2v) is 5.58. The summed E-state index contributed by atoms with van der Waals surface area (Å²) in [5, 5.41) is 1.13. The molecule has 0 radical (unpaired) electrons. The van der Waals surface area contributed by atoms with Crippen LogP contribution in [0.15, 0.2) is 12.4 Å². The number of aromatic nitrogens is 2. The van der Waals surface area contributed by atoms with E-state index in [1.807, 2.05) is 6.20 Å². The highest BCUT2D eigenvalue weighted by molar-refractivity contribution is 9.09. The van der Waals surface area contributed by atoms with Gasteiger partial charge in [0.2, 0.25) is 0 Å². The molecule has 0 spiro atoms.